The van der Waals surface area contributed by atoms with E-state index in [9.17, 15) is 14.7 Å². The van der Waals surface area contributed by atoms with E-state index in [-0.39, 0.29) is 24.8 Å². The molecule has 7 heteroatoms. The number of pyridine rings is 1. The van der Waals surface area contributed by atoms with Gasteiger partial charge < -0.3 is 15.3 Å². The topological polar surface area (TPSA) is 82.5 Å². The maximum atomic E-state index is 12.4. The monoisotopic (exact) mass is 371 g/mol. The summed E-state index contributed by atoms with van der Waals surface area (Å²) < 4.78 is 0. The lowest BCUT2D eigenvalue weighted by atomic mass is 10.1. The lowest BCUT2D eigenvalue weighted by Gasteiger charge is -2.17. The molecule has 2 atom stereocenters. The predicted octanol–water partition coefficient (Wildman–Crippen LogP) is 2.01. The molecule has 1 aromatic heterocycles. The molecule has 2 heterocycles. The van der Waals surface area contributed by atoms with E-state index >= 15 is 0 Å². The summed E-state index contributed by atoms with van der Waals surface area (Å²) in [6.45, 7) is 0.448. The first kappa shape index (κ1) is 18.4. The van der Waals surface area contributed by atoms with Crippen LogP contribution in [0, 0.1) is 5.92 Å². The van der Waals surface area contributed by atoms with E-state index < -0.39 is 12.0 Å². The number of thioether (sulfide) groups is 1. The molecule has 6 nitrogen and oxygen atoms in total. The van der Waals surface area contributed by atoms with Crippen molar-refractivity contribution in [1.82, 2.24) is 10.3 Å². The molecule has 1 fully saturated rings. The molecule has 1 aliphatic heterocycles. The van der Waals surface area contributed by atoms with Gasteiger partial charge in [0, 0.05) is 48.1 Å². The van der Waals surface area contributed by atoms with Gasteiger partial charge in [-0.2, -0.15) is 0 Å². The fraction of sp³-hybridized carbons (Fsp3) is 0.316. The van der Waals surface area contributed by atoms with Crippen molar-refractivity contribution >= 4 is 29.3 Å². The lowest BCUT2D eigenvalue weighted by Crippen LogP contribution is -2.35. The molecule has 0 unspecified atom stereocenters. The maximum Gasteiger partial charge on any atom is 0.227 e. The largest absolute Gasteiger partial charge is 0.387 e. The number of aliphatic hydroxyl groups is 1. The first-order chi connectivity index (χ1) is 12.6. The Morgan fingerprint density at radius 3 is 2.81 bits per heavy atom. The molecular formula is C19H21N3O3S. The van der Waals surface area contributed by atoms with E-state index in [0.29, 0.717) is 12.1 Å². The third kappa shape index (κ3) is 4.23. The molecule has 26 heavy (non-hydrogen) atoms. The minimum atomic E-state index is -0.819. The molecule has 0 radical (unpaired) electrons. The molecule has 1 aliphatic rings. The van der Waals surface area contributed by atoms with E-state index in [1.54, 1.807) is 41.2 Å². The quantitative estimate of drug-likeness (QED) is 0.759. The van der Waals surface area contributed by atoms with Crippen LogP contribution in [0.2, 0.25) is 0 Å². The van der Waals surface area contributed by atoms with Crippen molar-refractivity contribution in [3.8, 4) is 0 Å². The molecule has 0 saturated carbocycles. The Morgan fingerprint density at radius 2 is 2.15 bits per heavy atom. The second-order valence-electron chi connectivity index (χ2n) is 6.15. The van der Waals surface area contributed by atoms with Gasteiger partial charge in [0.25, 0.3) is 0 Å². The number of carbonyl (C=O) groups is 2. The first-order valence-electron chi connectivity index (χ1n) is 8.38. The number of amides is 2. The van der Waals surface area contributed by atoms with Gasteiger partial charge in [0.1, 0.15) is 0 Å². The van der Waals surface area contributed by atoms with Crippen LogP contribution in [0.15, 0.2) is 53.7 Å². The lowest BCUT2D eigenvalue weighted by molar-refractivity contribution is -0.126. The zero-order valence-electron chi connectivity index (χ0n) is 14.5. The molecule has 1 aromatic carbocycles. The van der Waals surface area contributed by atoms with Gasteiger partial charge in [0.05, 0.1) is 12.0 Å². The first-order valence-corrected chi connectivity index (χ1v) is 9.61. The van der Waals surface area contributed by atoms with Gasteiger partial charge in [0.2, 0.25) is 11.8 Å². The number of benzene rings is 1. The summed E-state index contributed by atoms with van der Waals surface area (Å²) in [6.07, 6.45) is 4.55. The Balaban J connectivity index is 1.56. The Hall–Kier alpha value is -2.38. The van der Waals surface area contributed by atoms with Crippen LogP contribution in [0.1, 0.15) is 18.1 Å². The highest BCUT2D eigenvalue weighted by Gasteiger charge is 2.35. The summed E-state index contributed by atoms with van der Waals surface area (Å²) in [5.41, 5.74) is 1.45. The van der Waals surface area contributed by atoms with Crippen LogP contribution < -0.4 is 10.2 Å². The summed E-state index contributed by atoms with van der Waals surface area (Å²) in [6, 6.07) is 11.2. The van der Waals surface area contributed by atoms with E-state index in [1.165, 1.54) is 0 Å². The minimum Gasteiger partial charge on any atom is -0.387 e. The highest BCUT2D eigenvalue weighted by atomic mass is 32.2. The third-order valence-corrected chi connectivity index (χ3v) is 5.16. The Labute approximate surface area is 156 Å². The summed E-state index contributed by atoms with van der Waals surface area (Å²) in [5, 5.41) is 12.8. The zero-order chi connectivity index (χ0) is 18.5. The second-order valence-corrected chi connectivity index (χ2v) is 7.03. The second kappa shape index (κ2) is 8.33. The van der Waals surface area contributed by atoms with Crippen LogP contribution in [0.25, 0.3) is 0 Å². The van der Waals surface area contributed by atoms with Gasteiger partial charge in [-0.05, 0) is 36.6 Å². The predicted molar refractivity (Wildman–Crippen MR) is 101 cm³/mol. The van der Waals surface area contributed by atoms with E-state index in [4.69, 9.17) is 0 Å². The fourth-order valence-corrected chi connectivity index (χ4v) is 3.34. The average Bonchev–Trinajstić information content (AvgIpc) is 3.08. The number of nitrogens with zero attached hydrogens (tertiary/aromatic N) is 2. The molecule has 2 N–H and O–H groups in total. The molecule has 0 bridgehead atoms. The number of aromatic nitrogens is 1. The van der Waals surface area contributed by atoms with E-state index in [1.807, 2.05) is 30.5 Å². The average molecular weight is 371 g/mol. The summed E-state index contributed by atoms with van der Waals surface area (Å²) in [7, 11) is 0. The standard InChI is InChI=1S/C19H21N3O3S/c1-26-16-6-4-15(5-7-16)22-12-14(9-18(22)24)19(25)21-11-17(23)13-3-2-8-20-10-13/h2-8,10,14,17,23H,9,11-12H2,1H3,(H,21,25)/t14-,17+/m0/s1. The Morgan fingerprint density at radius 1 is 1.38 bits per heavy atom. The van der Waals surface area contributed by atoms with E-state index in [2.05, 4.69) is 10.3 Å². The summed E-state index contributed by atoms with van der Waals surface area (Å²) >= 11 is 1.64. The third-order valence-electron chi connectivity index (χ3n) is 4.42. The van der Waals surface area contributed by atoms with Gasteiger partial charge in [-0.15, -0.1) is 11.8 Å². The van der Waals surface area contributed by atoms with Crippen molar-refractivity contribution in [2.24, 2.45) is 5.92 Å². The van der Waals surface area contributed by atoms with Gasteiger partial charge in [0.15, 0.2) is 0 Å². The van der Waals surface area contributed by atoms with Crippen molar-refractivity contribution in [3.63, 3.8) is 0 Å². The van der Waals surface area contributed by atoms with Crippen LogP contribution in [0.3, 0.4) is 0 Å². The van der Waals surface area contributed by atoms with Crippen molar-refractivity contribution in [1.29, 1.82) is 0 Å². The molecule has 0 aliphatic carbocycles. The summed E-state index contributed by atoms with van der Waals surface area (Å²) in [4.78, 5) is 31.4. The zero-order valence-corrected chi connectivity index (χ0v) is 15.3. The van der Waals surface area contributed by atoms with Gasteiger partial charge in [-0.3, -0.25) is 14.6 Å². The van der Waals surface area contributed by atoms with Crippen molar-refractivity contribution < 1.29 is 14.7 Å². The molecule has 2 amide bonds. The summed E-state index contributed by atoms with van der Waals surface area (Å²) in [5.74, 6) is -0.691. The Kier molecular flexibility index (Phi) is 5.90. The normalized spacial score (nSPS) is 18.0. The SMILES string of the molecule is CSc1ccc(N2C[C@@H](C(=O)NC[C@@H](O)c3cccnc3)CC2=O)cc1. The number of hydrogen-bond donors (Lipinski definition) is 2. The number of aliphatic hydroxyl groups excluding tert-OH is 1. The fourth-order valence-electron chi connectivity index (χ4n) is 2.93. The Bertz CT molecular complexity index is 767. The van der Waals surface area contributed by atoms with Crippen LogP contribution in [0.5, 0.6) is 0 Å². The number of nitrogens with one attached hydrogen (secondary N) is 1. The number of rotatable bonds is 6. The highest BCUT2D eigenvalue weighted by Crippen LogP contribution is 2.27. The number of anilines is 1. The van der Waals surface area contributed by atoms with Gasteiger partial charge >= 0.3 is 0 Å². The minimum absolute atomic E-state index is 0.0603. The molecule has 1 saturated heterocycles. The molecule has 2 aromatic rings. The van der Waals surface area contributed by atoms with Gasteiger partial charge in [-0.1, -0.05) is 6.07 Å². The van der Waals surface area contributed by atoms with Gasteiger partial charge in [-0.25, -0.2) is 0 Å². The molecule has 136 valence electrons. The van der Waals surface area contributed by atoms with Crippen LogP contribution in [0.4, 0.5) is 5.69 Å². The van der Waals surface area contributed by atoms with Crippen LogP contribution in [-0.2, 0) is 9.59 Å². The smallest absolute Gasteiger partial charge is 0.227 e. The van der Waals surface area contributed by atoms with Crippen molar-refractivity contribution in [2.75, 3.05) is 24.2 Å². The van der Waals surface area contributed by atoms with Crippen molar-refractivity contribution in [3.05, 3.63) is 54.4 Å². The van der Waals surface area contributed by atoms with Crippen LogP contribution in [-0.4, -0.2) is 41.3 Å². The number of carbonyl (C=O) groups excluding carboxylic acids is 2. The number of hydrogen-bond acceptors (Lipinski definition) is 5. The molecule has 3 rings (SSSR count). The maximum absolute atomic E-state index is 12.4. The van der Waals surface area contributed by atoms with E-state index in [0.717, 1.165) is 10.6 Å². The molecule has 0 spiro atoms. The molecular weight excluding hydrogens is 350 g/mol. The van der Waals surface area contributed by atoms with Crippen molar-refractivity contribution in [2.45, 2.75) is 17.4 Å². The highest BCUT2D eigenvalue weighted by molar-refractivity contribution is 7.98. The van der Waals surface area contributed by atoms with Crippen LogP contribution >= 0.6 is 11.8 Å².